The molecule has 2 nitrogen and oxygen atoms in total. The van der Waals surface area contributed by atoms with Crippen molar-refractivity contribution in [2.75, 3.05) is 20.1 Å². The van der Waals surface area contributed by atoms with Crippen LogP contribution < -0.4 is 5.32 Å². The first kappa shape index (κ1) is 15.0. The second kappa shape index (κ2) is 8.93. The second-order valence-corrected chi connectivity index (χ2v) is 5.56. The second-order valence-electron chi connectivity index (χ2n) is 5.56. The van der Waals surface area contributed by atoms with Crippen molar-refractivity contribution < 1.29 is 0 Å². The standard InChI is InChI=1S/C15H32N2/c1-4-6-13-17(3)15-12-10-8-7-9-11-14(15)16-5-2/h14-16H,4-13H2,1-3H3. The lowest BCUT2D eigenvalue weighted by atomic mass is 9.91. The number of unbranched alkanes of at least 4 members (excludes halogenated alkanes) is 1. The molecular weight excluding hydrogens is 208 g/mol. The molecule has 0 aromatic carbocycles. The minimum Gasteiger partial charge on any atom is -0.313 e. The molecular formula is C15H32N2. The topological polar surface area (TPSA) is 15.3 Å². The summed E-state index contributed by atoms with van der Waals surface area (Å²) in [5.41, 5.74) is 0. The average molecular weight is 240 g/mol. The van der Waals surface area contributed by atoms with E-state index in [0.717, 1.165) is 18.6 Å². The van der Waals surface area contributed by atoms with Crippen LogP contribution in [0.4, 0.5) is 0 Å². The Bertz CT molecular complexity index is 182. The van der Waals surface area contributed by atoms with E-state index >= 15 is 0 Å². The summed E-state index contributed by atoms with van der Waals surface area (Å²) in [5.74, 6) is 0. The van der Waals surface area contributed by atoms with Crippen LogP contribution in [-0.2, 0) is 0 Å². The van der Waals surface area contributed by atoms with E-state index in [4.69, 9.17) is 0 Å². The number of nitrogens with one attached hydrogen (secondary N) is 1. The molecule has 2 heteroatoms. The third-order valence-corrected chi connectivity index (χ3v) is 4.13. The maximum Gasteiger partial charge on any atom is 0.0246 e. The lowest BCUT2D eigenvalue weighted by molar-refractivity contribution is 0.162. The smallest absolute Gasteiger partial charge is 0.0246 e. The molecule has 0 aromatic rings. The quantitative estimate of drug-likeness (QED) is 0.765. The number of rotatable bonds is 6. The van der Waals surface area contributed by atoms with Crippen molar-refractivity contribution in [1.29, 1.82) is 0 Å². The highest BCUT2D eigenvalue weighted by molar-refractivity contribution is 4.84. The molecule has 0 saturated heterocycles. The van der Waals surface area contributed by atoms with Gasteiger partial charge in [0.05, 0.1) is 0 Å². The lowest BCUT2D eigenvalue weighted by Crippen LogP contribution is -2.49. The van der Waals surface area contributed by atoms with Crippen LogP contribution >= 0.6 is 0 Å². The molecule has 0 radical (unpaired) electrons. The van der Waals surface area contributed by atoms with Crippen LogP contribution in [0.5, 0.6) is 0 Å². The van der Waals surface area contributed by atoms with Crippen molar-refractivity contribution in [3.05, 3.63) is 0 Å². The van der Waals surface area contributed by atoms with Crippen molar-refractivity contribution in [3.8, 4) is 0 Å². The summed E-state index contributed by atoms with van der Waals surface area (Å²) in [6.45, 7) is 6.90. The van der Waals surface area contributed by atoms with Gasteiger partial charge in [-0.2, -0.15) is 0 Å². The van der Waals surface area contributed by atoms with Gasteiger partial charge in [0.15, 0.2) is 0 Å². The number of likely N-dealkylation sites (N-methyl/N-ethyl adjacent to an activating group) is 2. The van der Waals surface area contributed by atoms with E-state index in [9.17, 15) is 0 Å². The molecule has 1 aliphatic rings. The predicted molar refractivity (Wildman–Crippen MR) is 76.5 cm³/mol. The van der Waals surface area contributed by atoms with E-state index in [1.807, 2.05) is 0 Å². The van der Waals surface area contributed by atoms with Gasteiger partial charge >= 0.3 is 0 Å². The fraction of sp³-hybridized carbons (Fsp3) is 1.00. The third-order valence-electron chi connectivity index (χ3n) is 4.13. The van der Waals surface area contributed by atoms with Gasteiger partial charge < -0.3 is 10.2 Å². The van der Waals surface area contributed by atoms with Crippen molar-refractivity contribution in [2.24, 2.45) is 0 Å². The van der Waals surface area contributed by atoms with E-state index < -0.39 is 0 Å². The molecule has 0 amide bonds. The Morgan fingerprint density at radius 3 is 2.41 bits per heavy atom. The first-order valence-corrected chi connectivity index (χ1v) is 7.73. The number of hydrogen-bond donors (Lipinski definition) is 1. The molecule has 2 atom stereocenters. The van der Waals surface area contributed by atoms with Crippen molar-refractivity contribution >= 4 is 0 Å². The van der Waals surface area contributed by atoms with Crippen LogP contribution in [-0.4, -0.2) is 37.1 Å². The Balaban J connectivity index is 2.51. The van der Waals surface area contributed by atoms with E-state index in [-0.39, 0.29) is 0 Å². The Morgan fingerprint density at radius 2 is 1.76 bits per heavy atom. The maximum absolute atomic E-state index is 3.72. The summed E-state index contributed by atoms with van der Waals surface area (Å²) in [5, 5.41) is 3.72. The van der Waals surface area contributed by atoms with Crippen LogP contribution in [0.2, 0.25) is 0 Å². The molecule has 0 aromatic heterocycles. The van der Waals surface area contributed by atoms with E-state index in [2.05, 4.69) is 31.1 Å². The minimum absolute atomic E-state index is 0.724. The summed E-state index contributed by atoms with van der Waals surface area (Å²) in [6, 6.07) is 1.49. The highest BCUT2D eigenvalue weighted by Gasteiger charge is 2.24. The molecule has 0 spiro atoms. The van der Waals surface area contributed by atoms with Gasteiger partial charge in [-0.25, -0.2) is 0 Å². The first-order chi connectivity index (χ1) is 8.29. The van der Waals surface area contributed by atoms with Crippen LogP contribution in [0.25, 0.3) is 0 Å². The van der Waals surface area contributed by atoms with Gasteiger partial charge in [-0.05, 0) is 39.4 Å². The van der Waals surface area contributed by atoms with E-state index in [1.54, 1.807) is 0 Å². The van der Waals surface area contributed by atoms with Crippen LogP contribution in [0.15, 0.2) is 0 Å². The summed E-state index contributed by atoms with van der Waals surface area (Å²) in [4.78, 5) is 2.61. The fourth-order valence-corrected chi connectivity index (χ4v) is 3.07. The highest BCUT2D eigenvalue weighted by atomic mass is 15.2. The zero-order valence-corrected chi connectivity index (χ0v) is 12.2. The van der Waals surface area contributed by atoms with Gasteiger partial charge in [0, 0.05) is 12.1 Å². The minimum atomic E-state index is 0.724. The van der Waals surface area contributed by atoms with Crippen molar-refractivity contribution in [3.63, 3.8) is 0 Å². The van der Waals surface area contributed by atoms with Crippen molar-refractivity contribution in [1.82, 2.24) is 10.2 Å². The summed E-state index contributed by atoms with van der Waals surface area (Å²) >= 11 is 0. The predicted octanol–water partition coefficient (Wildman–Crippen LogP) is 3.42. The zero-order valence-electron chi connectivity index (χ0n) is 12.2. The number of hydrogen-bond acceptors (Lipinski definition) is 2. The monoisotopic (exact) mass is 240 g/mol. The van der Waals surface area contributed by atoms with Gasteiger partial charge in [-0.1, -0.05) is 46.0 Å². The Labute approximate surface area is 108 Å². The average Bonchev–Trinajstić information content (AvgIpc) is 2.30. The van der Waals surface area contributed by atoms with Gasteiger partial charge in [-0.15, -0.1) is 0 Å². The molecule has 1 N–H and O–H groups in total. The summed E-state index contributed by atoms with van der Waals surface area (Å²) in [7, 11) is 2.33. The molecule has 17 heavy (non-hydrogen) atoms. The SMILES string of the molecule is CCCCN(C)C1CCCCCCC1NCC. The van der Waals surface area contributed by atoms with Crippen LogP contribution in [0.1, 0.15) is 65.2 Å². The third kappa shape index (κ3) is 5.39. The zero-order chi connectivity index (χ0) is 12.5. The summed E-state index contributed by atoms with van der Waals surface area (Å²) < 4.78 is 0. The lowest BCUT2D eigenvalue weighted by Gasteiger charge is -2.36. The molecule has 0 heterocycles. The molecule has 2 unspecified atom stereocenters. The highest BCUT2D eigenvalue weighted by Crippen LogP contribution is 2.21. The summed E-state index contributed by atoms with van der Waals surface area (Å²) in [6.07, 6.45) is 11.1. The number of nitrogens with zero attached hydrogens (tertiary/aromatic N) is 1. The molecule has 0 aliphatic heterocycles. The van der Waals surface area contributed by atoms with Gasteiger partial charge in [0.25, 0.3) is 0 Å². The molecule has 1 fully saturated rings. The fourth-order valence-electron chi connectivity index (χ4n) is 3.07. The Kier molecular flexibility index (Phi) is 7.87. The molecule has 1 aliphatic carbocycles. The molecule has 1 rings (SSSR count). The van der Waals surface area contributed by atoms with Gasteiger partial charge in [-0.3, -0.25) is 0 Å². The molecule has 1 saturated carbocycles. The normalized spacial score (nSPS) is 26.8. The largest absolute Gasteiger partial charge is 0.313 e. The van der Waals surface area contributed by atoms with Crippen LogP contribution in [0, 0.1) is 0 Å². The van der Waals surface area contributed by atoms with Gasteiger partial charge in [0.2, 0.25) is 0 Å². The molecule has 102 valence electrons. The Morgan fingerprint density at radius 1 is 1.06 bits per heavy atom. The molecule has 0 bridgehead atoms. The van der Waals surface area contributed by atoms with Gasteiger partial charge in [0.1, 0.15) is 0 Å². The first-order valence-electron chi connectivity index (χ1n) is 7.73. The maximum atomic E-state index is 3.72. The van der Waals surface area contributed by atoms with E-state index in [1.165, 1.54) is 57.9 Å². The van der Waals surface area contributed by atoms with Crippen LogP contribution in [0.3, 0.4) is 0 Å². The van der Waals surface area contributed by atoms with Crippen molar-refractivity contribution in [2.45, 2.75) is 77.3 Å². The Hall–Kier alpha value is -0.0800. The van der Waals surface area contributed by atoms with E-state index in [0.29, 0.717) is 0 Å².